The lowest BCUT2D eigenvalue weighted by Crippen LogP contribution is -1.96. The lowest BCUT2D eigenvalue weighted by molar-refractivity contribution is -0.384. The molecule has 0 amide bonds. The van der Waals surface area contributed by atoms with Gasteiger partial charge >= 0.3 is 0 Å². The monoisotopic (exact) mass is 377 g/mol. The van der Waals surface area contributed by atoms with Crippen LogP contribution in [0, 0.1) is 10.1 Å². The number of nitrogens with zero attached hydrogens (tertiary/aromatic N) is 2. The normalized spacial score (nSPS) is 10.7. The molecule has 0 atom stereocenters. The predicted molar refractivity (Wildman–Crippen MR) is 94.2 cm³/mol. The highest BCUT2D eigenvalue weighted by atomic mass is 79.9. The van der Waals surface area contributed by atoms with Crippen molar-refractivity contribution >= 4 is 33.5 Å². The summed E-state index contributed by atoms with van der Waals surface area (Å²) in [6, 6.07) is 11.7. The smallest absolute Gasteiger partial charge is 0.269 e. The minimum Gasteiger partial charge on any atom is -0.492 e. The third-order valence-corrected chi connectivity index (χ3v) is 3.52. The summed E-state index contributed by atoms with van der Waals surface area (Å²) in [5.74, 6) is 0.798. The second-order valence-electron chi connectivity index (χ2n) is 4.71. The molecule has 2 aromatic rings. The fourth-order valence-electron chi connectivity index (χ4n) is 1.77. The average Bonchev–Trinajstić information content (AvgIpc) is 2.54. The van der Waals surface area contributed by atoms with E-state index < -0.39 is 4.92 Å². The van der Waals surface area contributed by atoms with E-state index in [0.29, 0.717) is 12.3 Å². The van der Waals surface area contributed by atoms with Crippen LogP contribution >= 0.6 is 15.9 Å². The molecule has 0 saturated heterocycles. The molecule has 120 valence electrons. The zero-order chi connectivity index (χ0) is 16.7. The van der Waals surface area contributed by atoms with Crippen LogP contribution in [-0.2, 0) is 0 Å². The van der Waals surface area contributed by atoms with Gasteiger partial charge in [0.2, 0.25) is 0 Å². The van der Waals surface area contributed by atoms with Crippen molar-refractivity contribution in [3.05, 3.63) is 62.6 Å². The Kier molecular flexibility index (Phi) is 6.10. The standard InChI is InChI=1S/C16H16BrN3O3/c1-2-9-23-16-8-3-12(10-15(16)17)11-18-19-13-4-6-14(7-5-13)20(21)22/h3-8,10-11,19H,2,9H2,1H3/b18-11+. The largest absolute Gasteiger partial charge is 0.492 e. The number of hydrogen-bond acceptors (Lipinski definition) is 5. The van der Waals surface area contributed by atoms with Gasteiger partial charge < -0.3 is 4.74 Å². The molecule has 0 aliphatic heterocycles. The summed E-state index contributed by atoms with van der Waals surface area (Å²) in [6.07, 6.45) is 2.62. The Morgan fingerprint density at radius 2 is 2.04 bits per heavy atom. The third kappa shape index (κ3) is 5.07. The summed E-state index contributed by atoms with van der Waals surface area (Å²) in [5, 5.41) is 14.7. The molecule has 2 aromatic carbocycles. The highest BCUT2D eigenvalue weighted by Gasteiger charge is 2.03. The Bertz CT molecular complexity index is 702. The van der Waals surface area contributed by atoms with Gasteiger partial charge in [0.15, 0.2) is 0 Å². The Hall–Kier alpha value is -2.41. The van der Waals surface area contributed by atoms with Crippen molar-refractivity contribution in [1.29, 1.82) is 0 Å². The molecular formula is C16H16BrN3O3. The Labute approximate surface area is 142 Å². The number of hydrazone groups is 1. The molecule has 6 nitrogen and oxygen atoms in total. The molecule has 2 rings (SSSR count). The number of nitro groups is 1. The zero-order valence-corrected chi connectivity index (χ0v) is 14.1. The van der Waals surface area contributed by atoms with Crippen LogP contribution in [-0.4, -0.2) is 17.7 Å². The van der Waals surface area contributed by atoms with Crippen molar-refractivity contribution in [2.45, 2.75) is 13.3 Å². The first-order valence-electron chi connectivity index (χ1n) is 7.06. The quantitative estimate of drug-likeness (QED) is 0.434. The van der Waals surface area contributed by atoms with Gasteiger partial charge in [0.05, 0.1) is 27.9 Å². The maximum Gasteiger partial charge on any atom is 0.269 e. The maximum atomic E-state index is 10.6. The molecule has 0 radical (unpaired) electrons. The van der Waals surface area contributed by atoms with E-state index in [4.69, 9.17) is 4.74 Å². The number of halogens is 1. The van der Waals surface area contributed by atoms with Crippen LogP contribution < -0.4 is 10.2 Å². The van der Waals surface area contributed by atoms with Gasteiger partial charge in [-0.15, -0.1) is 0 Å². The molecular weight excluding hydrogens is 362 g/mol. The molecule has 7 heteroatoms. The SMILES string of the molecule is CCCOc1ccc(/C=N/Nc2ccc([N+](=O)[O-])cc2)cc1Br. The van der Waals surface area contributed by atoms with Crippen LogP contribution in [0.4, 0.5) is 11.4 Å². The number of benzene rings is 2. The van der Waals surface area contributed by atoms with Crippen molar-refractivity contribution in [2.24, 2.45) is 5.10 Å². The molecule has 0 unspecified atom stereocenters. The molecule has 0 heterocycles. The fraction of sp³-hybridized carbons (Fsp3) is 0.188. The van der Waals surface area contributed by atoms with Gasteiger partial charge in [0.1, 0.15) is 5.75 Å². The first-order valence-corrected chi connectivity index (χ1v) is 7.85. The Balaban J connectivity index is 1.97. The van der Waals surface area contributed by atoms with Gasteiger partial charge in [-0.2, -0.15) is 5.10 Å². The van der Waals surface area contributed by atoms with Crippen molar-refractivity contribution in [2.75, 3.05) is 12.0 Å². The molecule has 23 heavy (non-hydrogen) atoms. The number of ether oxygens (including phenoxy) is 1. The number of anilines is 1. The van der Waals surface area contributed by atoms with E-state index in [9.17, 15) is 10.1 Å². The van der Waals surface area contributed by atoms with Gasteiger partial charge in [0.25, 0.3) is 5.69 Å². The van der Waals surface area contributed by atoms with Crippen LogP contribution in [0.2, 0.25) is 0 Å². The van der Waals surface area contributed by atoms with Crippen molar-refractivity contribution in [3.63, 3.8) is 0 Å². The summed E-state index contributed by atoms with van der Waals surface area (Å²) in [7, 11) is 0. The second kappa shape index (κ2) is 8.28. The molecule has 1 N–H and O–H groups in total. The van der Waals surface area contributed by atoms with Crippen LogP contribution in [0.25, 0.3) is 0 Å². The fourth-order valence-corrected chi connectivity index (χ4v) is 2.28. The summed E-state index contributed by atoms with van der Waals surface area (Å²) in [4.78, 5) is 10.1. The van der Waals surface area contributed by atoms with E-state index in [1.807, 2.05) is 18.2 Å². The van der Waals surface area contributed by atoms with Crippen LogP contribution in [0.1, 0.15) is 18.9 Å². The van der Waals surface area contributed by atoms with Gasteiger partial charge in [-0.25, -0.2) is 0 Å². The maximum absolute atomic E-state index is 10.6. The number of non-ortho nitro benzene ring substituents is 1. The highest BCUT2D eigenvalue weighted by Crippen LogP contribution is 2.25. The average molecular weight is 378 g/mol. The number of rotatable bonds is 7. The van der Waals surface area contributed by atoms with E-state index in [2.05, 4.69) is 33.4 Å². The van der Waals surface area contributed by atoms with E-state index >= 15 is 0 Å². The molecule has 0 aliphatic rings. The van der Waals surface area contributed by atoms with Gasteiger partial charge in [-0.3, -0.25) is 15.5 Å². The van der Waals surface area contributed by atoms with E-state index in [0.717, 1.165) is 22.2 Å². The lowest BCUT2D eigenvalue weighted by Gasteiger charge is -2.07. The molecule has 0 saturated carbocycles. The zero-order valence-electron chi connectivity index (χ0n) is 12.5. The number of nitro benzene ring substituents is 1. The minimum absolute atomic E-state index is 0.0473. The first kappa shape index (κ1) is 17.0. The molecule has 0 spiro atoms. The van der Waals surface area contributed by atoms with Crippen molar-refractivity contribution < 1.29 is 9.66 Å². The molecule has 0 aliphatic carbocycles. The van der Waals surface area contributed by atoms with E-state index in [-0.39, 0.29) is 5.69 Å². The van der Waals surface area contributed by atoms with Gasteiger partial charge in [0, 0.05) is 12.1 Å². The Morgan fingerprint density at radius 3 is 2.65 bits per heavy atom. The van der Waals surface area contributed by atoms with E-state index in [1.54, 1.807) is 18.3 Å². The Morgan fingerprint density at radius 1 is 1.30 bits per heavy atom. The first-order chi connectivity index (χ1) is 11.1. The third-order valence-electron chi connectivity index (χ3n) is 2.90. The van der Waals surface area contributed by atoms with Gasteiger partial charge in [-0.05, 0) is 58.2 Å². The van der Waals surface area contributed by atoms with Crippen LogP contribution in [0.3, 0.4) is 0 Å². The number of nitrogens with one attached hydrogen (secondary N) is 1. The van der Waals surface area contributed by atoms with Crippen LogP contribution in [0.5, 0.6) is 5.75 Å². The summed E-state index contributed by atoms with van der Waals surface area (Å²) < 4.78 is 6.45. The predicted octanol–water partition coefficient (Wildman–Crippen LogP) is 4.59. The van der Waals surface area contributed by atoms with E-state index in [1.165, 1.54) is 12.1 Å². The molecule has 0 fully saturated rings. The highest BCUT2D eigenvalue weighted by molar-refractivity contribution is 9.10. The second-order valence-corrected chi connectivity index (χ2v) is 5.57. The summed E-state index contributed by atoms with van der Waals surface area (Å²) in [5.41, 5.74) is 4.45. The molecule has 0 aromatic heterocycles. The summed E-state index contributed by atoms with van der Waals surface area (Å²) in [6.45, 7) is 2.73. The van der Waals surface area contributed by atoms with Crippen molar-refractivity contribution in [1.82, 2.24) is 0 Å². The van der Waals surface area contributed by atoms with Gasteiger partial charge in [-0.1, -0.05) is 6.92 Å². The topological polar surface area (TPSA) is 76.8 Å². The minimum atomic E-state index is -0.438. The van der Waals surface area contributed by atoms with Crippen molar-refractivity contribution in [3.8, 4) is 5.75 Å². The lowest BCUT2D eigenvalue weighted by atomic mass is 10.2. The number of hydrogen-bond donors (Lipinski definition) is 1. The molecule has 0 bridgehead atoms. The van der Waals surface area contributed by atoms with Crippen LogP contribution in [0.15, 0.2) is 52.0 Å². The summed E-state index contributed by atoms with van der Waals surface area (Å²) >= 11 is 3.46.